The molecule has 5 rings (SSSR count). The summed E-state index contributed by atoms with van der Waals surface area (Å²) in [6.07, 6.45) is 10.7. The molecule has 1 amide bonds. The van der Waals surface area contributed by atoms with Crippen LogP contribution in [0.15, 0.2) is 47.3 Å². The van der Waals surface area contributed by atoms with Gasteiger partial charge in [-0.25, -0.2) is 9.97 Å². The van der Waals surface area contributed by atoms with Crippen molar-refractivity contribution in [1.82, 2.24) is 14.5 Å². The van der Waals surface area contributed by atoms with Crippen molar-refractivity contribution in [1.29, 1.82) is 0 Å². The van der Waals surface area contributed by atoms with E-state index in [0.717, 1.165) is 36.2 Å². The van der Waals surface area contributed by atoms with Crippen LogP contribution in [-0.4, -0.2) is 27.0 Å². The summed E-state index contributed by atoms with van der Waals surface area (Å²) in [5, 5.41) is 3.36. The van der Waals surface area contributed by atoms with Gasteiger partial charge < -0.3 is 4.74 Å². The summed E-state index contributed by atoms with van der Waals surface area (Å²) in [5.74, 6) is 1.32. The van der Waals surface area contributed by atoms with Crippen LogP contribution in [-0.2, 0) is 9.53 Å². The van der Waals surface area contributed by atoms with E-state index in [0.29, 0.717) is 23.8 Å². The van der Waals surface area contributed by atoms with Crippen molar-refractivity contribution in [2.24, 2.45) is 0 Å². The molecule has 0 atom stereocenters. The first-order chi connectivity index (χ1) is 13.2. The third kappa shape index (κ3) is 3.04. The summed E-state index contributed by atoms with van der Waals surface area (Å²) in [4.78, 5) is 21.4. The normalized spacial score (nSPS) is 18.2. The zero-order chi connectivity index (χ0) is 18.4. The third-order valence-electron chi connectivity index (χ3n) is 5.31. The van der Waals surface area contributed by atoms with Gasteiger partial charge in [0.15, 0.2) is 5.65 Å². The second-order valence-corrected chi connectivity index (χ2v) is 7.52. The Morgan fingerprint density at radius 3 is 2.89 bits per heavy atom. The number of fused-ring (bicyclic) bond motifs is 3. The lowest BCUT2D eigenvalue weighted by molar-refractivity contribution is -0.117. The molecule has 3 aliphatic carbocycles. The molecule has 2 aromatic heterocycles. The summed E-state index contributed by atoms with van der Waals surface area (Å²) < 4.78 is 7.78. The minimum atomic E-state index is -0.117. The molecule has 0 aromatic carbocycles. The number of ether oxygens (including phenoxy) is 1. The van der Waals surface area contributed by atoms with Gasteiger partial charge in [-0.2, -0.15) is 0 Å². The predicted molar refractivity (Wildman–Crippen MR) is 103 cm³/mol. The van der Waals surface area contributed by atoms with Crippen molar-refractivity contribution in [3.63, 3.8) is 0 Å². The lowest BCUT2D eigenvalue weighted by Gasteiger charge is -2.28. The molecule has 0 radical (unpaired) electrons. The van der Waals surface area contributed by atoms with Gasteiger partial charge in [0.25, 0.3) is 0 Å². The van der Waals surface area contributed by atoms with E-state index in [1.807, 2.05) is 16.7 Å². The maximum atomic E-state index is 12.4. The molecule has 1 fully saturated rings. The van der Waals surface area contributed by atoms with E-state index in [9.17, 15) is 4.79 Å². The summed E-state index contributed by atoms with van der Waals surface area (Å²) in [5.41, 5.74) is 3.93. The van der Waals surface area contributed by atoms with Crippen molar-refractivity contribution in [3.8, 4) is 0 Å². The number of rotatable bonds is 6. The number of allylic oxidation sites excluding steroid dienone is 5. The first-order valence-corrected chi connectivity index (χ1v) is 9.64. The second kappa shape index (κ2) is 6.53. The number of aromatic nitrogens is 3. The maximum absolute atomic E-state index is 12.4. The average molecular weight is 383 g/mol. The highest BCUT2D eigenvalue weighted by molar-refractivity contribution is 6.29. The molecule has 7 heteroatoms. The first-order valence-electron chi connectivity index (χ1n) is 9.26. The van der Waals surface area contributed by atoms with Crippen LogP contribution in [0.4, 0.5) is 5.95 Å². The van der Waals surface area contributed by atoms with Gasteiger partial charge in [0.1, 0.15) is 16.4 Å². The molecule has 2 aromatic rings. The standard InChI is InChI=1S/C20H19ClN4O2/c21-17-7-6-15-19(23-17)25(14-2-1-3-14)20(22-15)24-18(26)8-9-27-16-11-12-4-5-13(16)10-12/h4-7,11,14H,1-3,8-10H2,(H,22,24,26). The van der Waals surface area contributed by atoms with Crippen molar-refractivity contribution >= 4 is 34.6 Å². The lowest BCUT2D eigenvalue weighted by atomic mass is 9.93. The number of pyridine rings is 1. The SMILES string of the molecule is O=C(CCOC1=C2C=CC(=C1)C2)Nc1nc2ccc(Cl)nc2n1C1CCC1. The topological polar surface area (TPSA) is 69.0 Å². The lowest BCUT2D eigenvalue weighted by Crippen LogP contribution is -2.23. The number of nitrogens with one attached hydrogen (secondary N) is 1. The van der Waals surface area contributed by atoms with E-state index in [2.05, 4.69) is 27.4 Å². The number of hydrogen-bond acceptors (Lipinski definition) is 4. The predicted octanol–water partition coefficient (Wildman–Crippen LogP) is 4.31. The molecule has 2 heterocycles. The molecule has 27 heavy (non-hydrogen) atoms. The number of anilines is 1. The van der Waals surface area contributed by atoms with Crippen LogP contribution in [0.25, 0.3) is 11.2 Å². The van der Waals surface area contributed by atoms with Crippen LogP contribution in [0.1, 0.15) is 38.1 Å². The Hall–Kier alpha value is -2.60. The van der Waals surface area contributed by atoms with Gasteiger partial charge in [0, 0.05) is 12.5 Å². The van der Waals surface area contributed by atoms with Gasteiger partial charge in [-0.1, -0.05) is 23.8 Å². The molecule has 3 aliphatic rings. The van der Waals surface area contributed by atoms with E-state index in [1.54, 1.807) is 6.07 Å². The van der Waals surface area contributed by atoms with Gasteiger partial charge in [0.2, 0.25) is 11.9 Å². The summed E-state index contributed by atoms with van der Waals surface area (Å²) >= 11 is 6.06. The van der Waals surface area contributed by atoms with Crippen LogP contribution in [0.5, 0.6) is 0 Å². The fraction of sp³-hybridized carbons (Fsp3) is 0.350. The van der Waals surface area contributed by atoms with Gasteiger partial charge in [0.05, 0.1) is 13.0 Å². The fourth-order valence-corrected chi connectivity index (χ4v) is 3.82. The number of hydrogen-bond donors (Lipinski definition) is 1. The van der Waals surface area contributed by atoms with Crippen LogP contribution >= 0.6 is 11.6 Å². The Bertz CT molecular complexity index is 1030. The van der Waals surface area contributed by atoms with Crippen molar-refractivity contribution in [2.75, 3.05) is 11.9 Å². The number of halogens is 1. The van der Waals surface area contributed by atoms with E-state index in [-0.39, 0.29) is 12.3 Å². The smallest absolute Gasteiger partial charge is 0.230 e. The number of imidazole rings is 1. The van der Waals surface area contributed by atoms with Crippen molar-refractivity contribution in [3.05, 3.63) is 52.4 Å². The molecule has 138 valence electrons. The maximum Gasteiger partial charge on any atom is 0.230 e. The van der Waals surface area contributed by atoms with Crippen LogP contribution in [0.2, 0.25) is 5.15 Å². The fourth-order valence-electron chi connectivity index (χ4n) is 3.68. The van der Waals surface area contributed by atoms with Crippen LogP contribution in [0.3, 0.4) is 0 Å². The molecular formula is C20H19ClN4O2. The second-order valence-electron chi connectivity index (χ2n) is 7.13. The first kappa shape index (κ1) is 16.6. The van der Waals surface area contributed by atoms with Crippen LogP contribution in [0, 0.1) is 0 Å². The average Bonchev–Trinajstić information content (AvgIpc) is 3.29. The Balaban J connectivity index is 1.28. The van der Waals surface area contributed by atoms with E-state index >= 15 is 0 Å². The van der Waals surface area contributed by atoms with Gasteiger partial charge in [-0.3, -0.25) is 14.7 Å². The molecule has 0 aliphatic heterocycles. The van der Waals surface area contributed by atoms with Gasteiger partial charge in [-0.15, -0.1) is 0 Å². The third-order valence-corrected chi connectivity index (χ3v) is 5.52. The van der Waals surface area contributed by atoms with Gasteiger partial charge >= 0.3 is 0 Å². The highest BCUT2D eigenvalue weighted by Crippen LogP contribution is 2.37. The zero-order valence-electron chi connectivity index (χ0n) is 14.7. The Morgan fingerprint density at radius 2 is 2.19 bits per heavy atom. The largest absolute Gasteiger partial charge is 0.493 e. The molecule has 0 unspecified atom stereocenters. The Kier molecular flexibility index (Phi) is 4.01. The highest BCUT2D eigenvalue weighted by atomic mass is 35.5. The Labute approximate surface area is 161 Å². The number of carbonyl (C=O) groups is 1. The number of amides is 1. The summed E-state index contributed by atoms with van der Waals surface area (Å²) in [6.45, 7) is 0.343. The minimum Gasteiger partial charge on any atom is -0.493 e. The van der Waals surface area contributed by atoms with E-state index < -0.39 is 0 Å². The summed E-state index contributed by atoms with van der Waals surface area (Å²) in [7, 11) is 0. The van der Waals surface area contributed by atoms with Crippen LogP contribution < -0.4 is 5.32 Å². The zero-order valence-corrected chi connectivity index (χ0v) is 15.5. The molecule has 1 saturated carbocycles. The molecule has 1 N–H and O–H groups in total. The minimum absolute atomic E-state index is 0.117. The van der Waals surface area contributed by atoms with Crippen molar-refractivity contribution < 1.29 is 9.53 Å². The molecule has 6 nitrogen and oxygen atoms in total. The molecule has 0 saturated heterocycles. The van der Waals surface area contributed by atoms with E-state index in [4.69, 9.17) is 16.3 Å². The number of carbonyl (C=O) groups excluding carboxylic acids is 1. The van der Waals surface area contributed by atoms with Crippen molar-refractivity contribution in [2.45, 2.75) is 38.1 Å². The number of nitrogens with zero attached hydrogens (tertiary/aromatic N) is 3. The molecular weight excluding hydrogens is 364 g/mol. The van der Waals surface area contributed by atoms with E-state index in [1.165, 1.54) is 17.6 Å². The molecule has 2 bridgehead atoms. The Morgan fingerprint density at radius 1 is 1.30 bits per heavy atom. The monoisotopic (exact) mass is 382 g/mol. The summed E-state index contributed by atoms with van der Waals surface area (Å²) in [6, 6.07) is 3.86. The van der Waals surface area contributed by atoms with Gasteiger partial charge in [-0.05, 0) is 48.6 Å². The molecule has 0 spiro atoms. The highest BCUT2D eigenvalue weighted by Gasteiger charge is 2.26. The quantitative estimate of drug-likeness (QED) is 0.756.